The van der Waals surface area contributed by atoms with Gasteiger partial charge >= 0.3 is 5.97 Å². The summed E-state index contributed by atoms with van der Waals surface area (Å²) in [6.07, 6.45) is -0.346. The summed E-state index contributed by atoms with van der Waals surface area (Å²) in [7, 11) is -3.82. The molecule has 0 fully saturated rings. The Balaban J connectivity index is 2.30. The van der Waals surface area contributed by atoms with Gasteiger partial charge in [-0.3, -0.25) is 4.79 Å². The third kappa shape index (κ3) is 4.30. The van der Waals surface area contributed by atoms with E-state index in [2.05, 4.69) is 4.72 Å². The molecule has 1 aromatic heterocycles. The average Bonchev–Trinajstić information content (AvgIpc) is 2.85. The topological polar surface area (TPSA) is 83.5 Å². The van der Waals surface area contributed by atoms with Gasteiger partial charge in [-0.1, -0.05) is 41.4 Å². The quantitative estimate of drug-likeness (QED) is 0.829. The summed E-state index contributed by atoms with van der Waals surface area (Å²) in [4.78, 5) is 11.0. The molecule has 0 aliphatic heterocycles. The summed E-state index contributed by atoms with van der Waals surface area (Å²) in [6, 6.07) is 9.07. The number of hydrogen-bond acceptors (Lipinski definition) is 4. The molecule has 0 bridgehead atoms. The number of carboxylic acids is 1. The van der Waals surface area contributed by atoms with Crippen LogP contribution >= 0.6 is 22.9 Å². The van der Waals surface area contributed by atoms with Crippen LogP contribution in [0.15, 0.2) is 40.6 Å². The average molecular weight is 360 g/mol. The number of aryl methyl sites for hydroxylation is 1. The first-order chi connectivity index (χ1) is 10.3. The molecule has 0 aliphatic rings. The maximum absolute atomic E-state index is 12.3. The van der Waals surface area contributed by atoms with Crippen molar-refractivity contribution in [1.29, 1.82) is 0 Å². The van der Waals surface area contributed by atoms with Gasteiger partial charge < -0.3 is 5.11 Å². The number of carbonyl (C=O) groups is 1. The Morgan fingerprint density at radius 3 is 2.41 bits per heavy atom. The molecule has 2 N–H and O–H groups in total. The van der Waals surface area contributed by atoms with E-state index in [0.29, 0.717) is 9.90 Å². The van der Waals surface area contributed by atoms with Crippen molar-refractivity contribution in [1.82, 2.24) is 4.72 Å². The lowest BCUT2D eigenvalue weighted by Crippen LogP contribution is -2.29. The Hall–Kier alpha value is -1.41. The van der Waals surface area contributed by atoms with Crippen molar-refractivity contribution >= 4 is 38.9 Å². The predicted molar refractivity (Wildman–Crippen MR) is 85.8 cm³/mol. The summed E-state index contributed by atoms with van der Waals surface area (Å²) in [5, 5.41) is 9.02. The summed E-state index contributed by atoms with van der Waals surface area (Å²) in [6.45, 7) is 1.90. The fraction of sp³-hybridized carbons (Fsp3) is 0.214. The number of benzene rings is 1. The molecule has 2 rings (SSSR count). The van der Waals surface area contributed by atoms with E-state index < -0.39 is 22.0 Å². The Bertz CT molecular complexity index is 768. The largest absolute Gasteiger partial charge is 0.481 e. The molecule has 118 valence electrons. The van der Waals surface area contributed by atoms with Crippen molar-refractivity contribution < 1.29 is 18.3 Å². The standard InChI is InChI=1S/C14H14ClNO4S2/c1-9-2-4-10(5-3-9)11(8-13(17)18)16-22(19,20)14-7-6-12(15)21-14/h2-7,11,16H,8H2,1H3,(H,17,18)/t11-/m1/s1. The molecule has 0 aliphatic carbocycles. The van der Waals surface area contributed by atoms with Gasteiger partial charge in [-0.15, -0.1) is 11.3 Å². The van der Waals surface area contributed by atoms with E-state index in [1.54, 1.807) is 24.3 Å². The normalized spacial score (nSPS) is 13.0. The molecule has 0 saturated carbocycles. The molecule has 2 aromatic rings. The molecule has 5 nitrogen and oxygen atoms in total. The molecule has 1 atom stereocenters. The highest BCUT2D eigenvalue weighted by atomic mass is 35.5. The maximum atomic E-state index is 12.3. The molecule has 8 heteroatoms. The highest BCUT2D eigenvalue weighted by Crippen LogP contribution is 2.27. The van der Waals surface area contributed by atoms with Crippen LogP contribution in [-0.4, -0.2) is 19.5 Å². The summed E-state index contributed by atoms with van der Waals surface area (Å²) in [5.74, 6) is -1.09. The lowest BCUT2D eigenvalue weighted by molar-refractivity contribution is -0.137. The zero-order chi connectivity index (χ0) is 16.3. The molecule has 0 spiro atoms. The van der Waals surface area contributed by atoms with E-state index in [0.717, 1.165) is 16.9 Å². The second-order valence-corrected chi connectivity index (χ2v) is 8.40. The fourth-order valence-corrected chi connectivity index (χ4v) is 4.61. The van der Waals surface area contributed by atoms with Crippen molar-refractivity contribution in [3.05, 3.63) is 51.9 Å². The van der Waals surface area contributed by atoms with Gasteiger partial charge in [0.05, 0.1) is 16.8 Å². The summed E-state index contributed by atoms with van der Waals surface area (Å²) >= 11 is 6.67. The third-order valence-electron chi connectivity index (χ3n) is 2.97. The van der Waals surface area contributed by atoms with Crippen molar-refractivity contribution in [3.63, 3.8) is 0 Å². The summed E-state index contributed by atoms with van der Waals surface area (Å²) in [5.41, 5.74) is 1.60. The Morgan fingerprint density at radius 1 is 1.27 bits per heavy atom. The van der Waals surface area contributed by atoms with Gasteiger partial charge in [0.1, 0.15) is 4.21 Å². The first kappa shape index (κ1) is 17.0. The van der Waals surface area contributed by atoms with Crippen LogP contribution in [-0.2, 0) is 14.8 Å². The Kier molecular flexibility index (Phi) is 5.23. The van der Waals surface area contributed by atoms with E-state index in [-0.39, 0.29) is 10.6 Å². The number of aliphatic carboxylic acids is 1. The second-order valence-electron chi connectivity index (χ2n) is 4.74. The van der Waals surface area contributed by atoms with Gasteiger partial charge in [0.2, 0.25) is 0 Å². The summed E-state index contributed by atoms with van der Waals surface area (Å²) < 4.78 is 27.5. The van der Waals surface area contributed by atoms with E-state index in [1.807, 2.05) is 6.92 Å². The van der Waals surface area contributed by atoms with Crippen molar-refractivity contribution in [2.45, 2.75) is 23.6 Å². The van der Waals surface area contributed by atoms with Gasteiger partial charge in [-0.05, 0) is 24.6 Å². The van der Waals surface area contributed by atoms with Gasteiger partial charge in [0.25, 0.3) is 10.0 Å². The van der Waals surface area contributed by atoms with Crippen molar-refractivity contribution in [3.8, 4) is 0 Å². The van der Waals surface area contributed by atoms with Crippen LogP contribution in [0.2, 0.25) is 4.34 Å². The van der Waals surface area contributed by atoms with Crippen LogP contribution in [0, 0.1) is 6.92 Å². The molecule has 0 unspecified atom stereocenters. The van der Waals surface area contributed by atoms with E-state index >= 15 is 0 Å². The van der Waals surface area contributed by atoms with Gasteiger partial charge in [-0.25, -0.2) is 13.1 Å². The highest BCUT2D eigenvalue weighted by molar-refractivity contribution is 7.91. The molecular weight excluding hydrogens is 346 g/mol. The van der Waals surface area contributed by atoms with Crippen LogP contribution in [0.3, 0.4) is 0 Å². The first-order valence-electron chi connectivity index (χ1n) is 6.34. The lowest BCUT2D eigenvalue weighted by Gasteiger charge is -2.17. The van der Waals surface area contributed by atoms with Crippen LogP contribution in [0.4, 0.5) is 0 Å². The maximum Gasteiger partial charge on any atom is 0.305 e. The van der Waals surface area contributed by atoms with Gasteiger partial charge in [0, 0.05) is 0 Å². The van der Waals surface area contributed by atoms with E-state index in [4.69, 9.17) is 16.7 Å². The molecule has 1 heterocycles. The van der Waals surface area contributed by atoms with Gasteiger partial charge in [-0.2, -0.15) is 0 Å². The zero-order valence-corrected chi connectivity index (χ0v) is 14.0. The smallest absolute Gasteiger partial charge is 0.305 e. The van der Waals surface area contributed by atoms with Crippen molar-refractivity contribution in [2.24, 2.45) is 0 Å². The minimum absolute atomic E-state index is 0.0556. The number of carboxylic acid groups (broad SMARTS) is 1. The van der Waals surface area contributed by atoms with Crippen LogP contribution in [0.1, 0.15) is 23.6 Å². The number of thiophene rings is 1. The molecule has 1 aromatic carbocycles. The molecule has 0 saturated heterocycles. The minimum Gasteiger partial charge on any atom is -0.481 e. The van der Waals surface area contributed by atoms with E-state index in [1.165, 1.54) is 12.1 Å². The van der Waals surface area contributed by atoms with E-state index in [9.17, 15) is 13.2 Å². The monoisotopic (exact) mass is 359 g/mol. The third-order valence-corrected chi connectivity index (χ3v) is 6.16. The zero-order valence-electron chi connectivity index (χ0n) is 11.6. The molecule has 22 heavy (non-hydrogen) atoms. The molecule has 0 radical (unpaired) electrons. The number of hydrogen-bond donors (Lipinski definition) is 2. The van der Waals surface area contributed by atoms with Crippen LogP contribution in [0.25, 0.3) is 0 Å². The second kappa shape index (κ2) is 6.78. The van der Waals surface area contributed by atoms with Crippen LogP contribution in [0.5, 0.6) is 0 Å². The Morgan fingerprint density at radius 2 is 1.91 bits per heavy atom. The number of halogens is 1. The Labute approximate surface area is 137 Å². The number of rotatable bonds is 6. The van der Waals surface area contributed by atoms with Crippen molar-refractivity contribution in [2.75, 3.05) is 0 Å². The highest BCUT2D eigenvalue weighted by Gasteiger charge is 2.24. The van der Waals surface area contributed by atoms with Gasteiger partial charge in [0.15, 0.2) is 0 Å². The lowest BCUT2D eigenvalue weighted by atomic mass is 10.0. The molecular formula is C14H14ClNO4S2. The fourth-order valence-electron chi connectivity index (χ4n) is 1.89. The number of nitrogens with one attached hydrogen (secondary N) is 1. The molecule has 0 amide bonds. The predicted octanol–water partition coefficient (Wildman–Crippen LogP) is 3.20. The SMILES string of the molecule is Cc1ccc([C@@H](CC(=O)O)NS(=O)(=O)c2ccc(Cl)s2)cc1. The van der Waals surface area contributed by atoms with Crippen LogP contribution < -0.4 is 4.72 Å². The first-order valence-corrected chi connectivity index (χ1v) is 9.02. The minimum atomic E-state index is -3.82. The number of sulfonamides is 1.